The zero-order valence-corrected chi connectivity index (χ0v) is 14.1. The number of pyridine rings is 1. The van der Waals surface area contributed by atoms with E-state index in [2.05, 4.69) is 9.72 Å². The van der Waals surface area contributed by atoms with Gasteiger partial charge in [-0.2, -0.15) is 0 Å². The average Bonchev–Trinajstić information content (AvgIpc) is 2.58. The number of rotatable bonds is 5. The zero-order valence-electron chi connectivity index (χ0n) is 14.1. The van der Waals surface area contributed by atoms with E-state index in [1.165, 1.54) is 42.6 Å². The summed E-state index contributed by atoms with van der Waals surface area (Å²) in [4.78, 5) is 25.4. The van der Waals surface area contributed by atoms with Gasteiger partial charge in [0.1, 0.15) is 11.9 Å². The van der Waals surface area contributed by atoms with Gasteiger partial charge in [-0.3, -0.25) is 10.1 Å². The fraction of sp³-hybridized carbons (Fsp3) is 0.294. The first-order valence-corrected chi connectivity index (χ1v) is 8.05. The van der Waals surface area contributed by atoms with Crippen LogP contribution in [0.3, 0.4) is 0 Å². The lowest BCUT2D eigenvalue weighted by Crippen LogP contribution is -2.33. The normalized spacial score (nSPS) is 18.7. The van der Waals surface area contributed by atoms with E-state index in [1.807, 2.05) is 0 Å². The predicted molar refractivity (Wildman–Crippen MR) is 86.9 cm³/mol. The third-order valence-electron chi connectivity index (χ3n) is 4.06. The lowest BCUT2D eigenvalue weighted by molar-refractivity contribution is -0.384. The van der Waals surface area contributed by atoms with Gasteiger partial charge < -0.3 is 14.2 Å². The lowest BCUT2D eigenvalue weighted by atomic mass is 9.78. The molecule has 1 saturated carbocycles. The molecule has 1 heterocycles. The number of carbonyl (C=O) groups excluding carboxylic acids is 1. The highest BCUT2D eigenvalue weighted by Gasteiger charge is 2.39. The third kappa shape index (κ3) is 4.87. The Labute approximate surface area is 156 Å². The van der Waals surface area contributed by atoms with Crippen LogP contribution in [0.1, 0.15) is 24.3 Å². The van der Waals surface area contributed by atoms with Crippen molar-refractivity contribution in [2.75, 3.05) is 0 Å². The smallest absolute Gasteiger partial charge is 0.431 e. The molecule has 148 valence electrons. The SMILES string of the molecule is O=C(Oc1ccc([N+](=O)[O-])cc1)OC1CC(c2cccnc2OC(F)(F)F)C1. The molecule has 0 atom stereocenters. The molecule has 8 nitrogen and oxygen atoms in total. The van der Waals surface area contributed by atoms with Crippen LogP contribution in [0.5, 0.6) is 11.6 Å². The average molecular weight is 398 g/mol. The highest BCUT2D eigenvalue weighted by molar-refractivity contribution is 5.64. The molecule has 0 bridgehead atoms. The molecule has 0 N–H and O–H groups in total. The second-order valence-electron chi connectivity index (χ2n) is 5.96. The first kappa shape index (κ1) is 19.4. The van der Waals surface area contributed by atoms with Gasteiger partial charge in [0.2, 0.25) is 5.88 Å². The predicted octanol–water partition coefficient (Wildman–Crippen LogP) is 4.35. The van der Waals surface area contributed by atoms with Crippen molar-refractivity contribution in [3.8, 4) is 11.6 Å². The highest BCUT2D eigenvalue weighted by Crippen LogP contribution is 2.42. The number of benzene rings is 1. The van der Waals surface area contributed by atoms with Crippen LogP contribution in [0.4, 0.5) is 23.7 Å². The lowest BCUT2D eigenvalue weighted by Gasteiger charge is -2.34. The fourth-order valence-corrected chi connectivity index (χ4v) is 2.72. The van der Waals surface area contributed by atoms with Crippen molar-refractivity contribution in [2.24, 2.45) is 0 Å². The molecule has 3 rings (SSSR count). The van der Waals surface area contributed by atoms with E-state index >= 15 is 0 Å². The number of nitrogens with zero attached hydrogens (tertiary/aromatic N) is 2. The van der Waals surface area contributed by atoms with Crippen molar-refractivity contribution >= 4 is 11.8 Å². The maximum atomic E-state index is 12.4. The summed E-state index contributed by atoms with van der Waals surface area (Å²) in [6.07, 6.45) is -4.62. The Kier molecular flexibility index (Phi) is 5.34. The Bertz CT molecular complexity index is 866. The summed E-state index contributed by atoms with van der Waals surface area (Å²) in [7, 11) is 0. The van der Waals surface area contributed by atoms with Gasteiger partial charge in [-0.1, -0.05) is 6.07 Å². The van der Waals surface area contributed by atoms with Crippen LogP contribution >= 0.6 is 0 Å². The monoisotopic (exact) mass is 398 g/mol. The van der Waals surface area contributed by atoms with Gasteiger partial charge in [0.15, 0.2) is 0 Å². The number of non-ortho nitro benzene ring substituents is 1. The maximum absolute atomic E-state index is 12.4. The molecule has 2 aromatic rings. The van der Waals surface area contributed by atoms with E-state index in [1.54, 1.807) is 0 Å². The van der Waals surface area contributed by atoms with E-state index in [4.69, 9.17) is 9.47 Å². The van der Waals surface area contributed by atoms with Crippen molar-refractivity contribution in [3.63, 3.8) is 0 Å². The number of hydrogen-bond donors (Lipinski definition) is 0. The Hall–Kier alpha value is -3.37. The molecule has 0 amide bonds. The fourth-order valence-electron chi connectivity index (χ4n) is 2.72. The van der Waals surface area contributed by atoms with E-state index in [9.17, 15) is 28.1 Å². The van der Waals surface area contributed by atoms with E-state index < -0.39 is 29.4 Å². The molecule has 1 fully saturated rings. The first-order chi connectivity index (χ1) is 13.2. The molecule has 1 aromatic heterocycles. The van der Waals surface area contributed by atoms with E-state index in [0.29, 0.717) is 0 Å². The second-order valence-corrected chi connectivity index (χ2v) is 5.96. The summed E-state index contributed by atoms with van der Waals surface area (Å²) < 4.78 is 51.3. The van der Waals surface area contributed by atoms with Crippen molar-refractivity contribution < 1.29 is 37.1 Å². The largest absolute Gasteiger partial charge is 0.574 e. The van der Waals surface area contributed by atoms with Gasteiger partial charge >= 0.3 is 12.5 Å². The standard InChI is InChI=1S/C17H13F3N2O6/c18-17(19,20)28-15-14(2-1-7-21-15)10-8-13(9-10)27-16(23)26-12-5-3-11(4-6-12)22(24)25/h1-7,10,13H,8-9H2. The van der Waals surface area contributed by atoms with E-state index in [0.717, 1.165) is 0 Å². The molecule has 1 aliphatic rings. The highest BCUT2D eigenvalue weighted by atomic mass is 19.4. The zero-order chi connectivity index (χ0) is 20.3. The molecule has 11 heteroatoms. The minimum atomic E-state index is -4.85. The van der Waals surface area contributed by atoms with Crippen LogP contribution in [0.25, 0.3) is 0 Å². The molecule has 1 aromatic carbocycles. The number of hydrogen-bond acceptors (Lipinski definition) is 7. The summed E-state index contributed by atoms with van der Waals surface area (Å²) in [5, 5.41) is 10.6. The number of carbonyl (C=O) groups is 1. The Morgan fingerprint density at radius 2 is 1.86 bits per heavy atom. The van der Waals surface area contributed by atoms with Crippen LogP contribution in [0.2, 0.25) is 0 Å². The molecule has 0 aliphatic heterocycles. The van der Waals surface area contributed by atoms with Gasteiger partial charge in [-0.05, 0) is 37.0 Å². The molecule has 0 radical (unpaired) electrons. The van der Waals surface area contributed by atoms with Crippen molar-refractivity contribution in [3.05, 3.63) is 58.3 Å². The number of halogens is 3. The molecule has 0 saturated heterocycles. The number of nitro groups is 1. The van der Waals surface area contributed by atoms with Crippen molar-refractivity contribution in [1.82, 2.24) is 4.98 Å². The number of nitro benzene ring substituents is 1. The Balaban J connectivity index is 1.52. The maximum Gasteiger partial charge on any atom is 0.574 e. The second kappa shape index (κ2) is 7.71. The van der Waals surface area contributed by atoms with Crippen LogP contribution in [-0.2, 0) is 4.74 Å². The van der Waals surface area contributed by atoms with Crippen LogP contribution in [-0.4, -0.2) is 28.5 Å². The number of aromatic nitrogens is 1. The Morgan fingerprint density at radius 3 is 2.46 bits per heavy atom. The topological polar surface area (TPSA) is 101 Å². The number of ether oxygens (including phenoxy) is 3. The molecular formula is C17H13F3N2O6. The molecule has 0 spiro atoms. The number of alkyl halides is 3. The minimum absolute atomic E-state index is 0.0691. The van der Waals surface area contributed by atoms with Crippen molar-refractivity contribution in [2.45, 2.75) is 31.2 Å². The Morgan fingerprint density at radius 1 is 1.18 bits per heavy atom. The minimum Gasteiger partial charge on any atom is -0.431 e. The molecule has 28 heavy (non-hydrogen) atoms. The third-order valence-corrected chi connectivity index (χ3v) is 4.06. The van der Waals surface area contributed by atoms with Gasteiger partial charge in [-0.15, -0.1) is 13.2 Å². The summed E-state index contributed by atoms with van der Waals surface area (Å²) in [5.41, 5.74) is 0.124. The van der Waals surface area contributed by atoms with Crippen LogP contribution in [0.15, 0.2) is 42.6 Å². The van der Waals surface area contributed by atoms with Gasteiger partial charge in [0.25, 0.3) is 5.69 Å². The van der Waals surface area contributed by atoms with Gasteiger partial charge in [0.05, 0.1) is 4.92 Å². The first-order valence-electron chi connectivity index (χ1n) is 8.05. The molecule has 1 aliphatic carbocycles. The van der Waals surface area contributed by atoms with Crippen LogP contribution < -0.4 is 9.47 Å². The summed E-state index contributed by atoms with van der Waals surface area (Å²) in [5.74, 6) is -0.755. The molecule has 0 unspecified atom stereocenters. The van der Waals surface area contributed by atoms with Gasteiger partial charge in [0, 0.05) is 23.9 Å². The van der Waals surface area contributed by atoms with Gasteiger partial charge in [-0.25, -0.2) is 9.78 Å². The molecular weight excluding hydrogens is 385 g/mol. The summed E-state index contributed by atoms with van der Waals surface area (Å²) in [6.45, 7) is 0. The van der Waals surface area contributed by atoms with Crippen molar-refractivity contribution in [1.29, 1.82) is 0 Å². The quantitative estimate of drug-likeness (QED) is 0.319. The van der Waals surface area contributed by atoms with Crippen LogP contribution in [0, 0.1) is 10.1 Å². The summed E-state index contributed by atoms with van der Waals surface area (Å²) >= 11 is 0. The van der Waals surface area contributed by atoms with E-state index in [-0.39, 0.29) is 35.8 Å². The summed E-state index contributed by atoms with van der Waals surface area (Å²) in [6, 6.07) is 7.82.